The Hall–Kier alpha value is -0.0800. The van der Waals surface area contributed by atoms with E-state index in [0.29, 0.717) is 6.61 Å². The molecule has 1 saturated carbocycles. The van der Waals surface area contributed by atoms with Crippen molar-refractivity contribution >= 4 is 0 Å². The molecule has 84 valence electrons. The molecule has 1 fully saturated rings. The molecule has 0 aromatic carbocycles. The predicted octanol–water partition coefficient (Wildman–Crippen LogP) is 2.27. The maximum atomic E-state index is 8.62. The lowest BCUT2D eigenvalue weighted by Gasteiger charge is -2.30. The average molecular weight is 199 g/mol. The molecule has 1 aliphatic rings. The van der Waals surface area contributed by atoms with Crippen LogP contribution >= 0.6 is 0 Å². The summed E-state index contributed by atoms with van der Waals surface area (Å²) in [6, 6.07) is 0. The van der Waals surface area contributed by atoms with Gasteiger partial charge in [-0.3, -0.25) is 0 Å². The van der Waals surface area contributed by atoms with Crippen LogP contribution in [-0.2, 0) is 0 Å². The van der Waals surface area contributed by atoms with Crippen LogP contribution in [0.3, 0.4) is 0 Å². The average Bonchev–Trinajstić information content (AvgIpc) is 2.11. The van der Waals surface area contributed by atoms with Gasteiger partial charge in [-0.25, -0.2) is 0 Å². The molecule has 0 bridgehead atoms. The smallest absolute Gasteiger partial charge is 0.0431 e. The molecule has 0 aromatic heterocycles. The molecule has 1 N–H and O–H groups in total. The summed E-state index contributed by atoms with van der Waals surface area (Å²) in [6.45, 7) is 2.90. The second-order valence-electron chi connectivity index (χ2n) is 4.70. The van der Waals surface area contributed by atoms with Gasteiger partial charge in [-0.05, 0) is 45.2 Å². The first kappa shape index (κ1) is 12.0. The molecule has 0 aromatic rings. The molecule has 0 heterocycles. The number of aliphatic hydroxyl groups is 1. The summed E-state index contributed by atoms with van der Waals surface area (Å²) >= 11 is 0. The van der Waals surface area contributed by atoms with E-state index in [4.69, 9.17) is 5.11 Å². The van der Waals surface area contributed by atoms with Crippen molar-refractivity contribution in [3.63, 3.8) is 0 Å². The number of aliphatic hydroxyl groups excluding tert-OH is 1. The molecule has 0 saturated heterocycles. The summed E-state index contributed by atoms with van der Waals surface area (Å²) in [6.07, 6.45) is 9.09. The molecule has 0 aliphatic heterocycles. The van der Waals surface area contributed by atoms with Gasteiger partial charge in [0, 0.05) is 13.2 Å². The van der Waals surface area contributed by atoms with Crippen molar-refractivity contribution in [1.29, 1.82) is 0 Å². The molecular formula is C12H25NO. The van der Waals surface area contributed by atoms with Crippen LogP contribution in [0, 0.1) is 5.92 Å². The molecule has 14 heavy (non-hydrogen) atoms. The highest BCUT2D eigenvalue weighted by Gasteiger charge is 2.18. The quantitative estimate of drug-likeness (QED) is 0.606. The zero-order valence-electron chi connectivity index (χ0n) is 9.54. The van der Waals surface area contributed by atoms with Crippen molar-refractivity contribution in [3.05, 3.63) is 0 Å². The fraction of sp³-hybridized carbons (Fsp3) is 1.00. The van der Waals surface area contributed by atoms with Crippen LogP contribution in [-0.4, -0.2) is 36.8 Å². The van der Waals surface area contributed by atoms with E-state index >= 15 is 0 Å². The van der Waals surface area contributed by atoms with Crippen LogP contribution in [0.2, 0.25) is 0 Å². The van der Waals surface area contributed by atoms with Crippen LogP contribution in [0.1, 0.15) is 44.9 Å². The Kier molecular flexibility index (Phi) is 6.20. The summed E-state index contributed by atoms with van der Waals surface area (Å²) in [5.74, 6) is 0.998. The van der Waals surface area contributed by atoms with Crippen molar-refractivity contribution in [1.82, 2.24) is 4.90 Å². The molecule has 0 amide bonds. The van der Waals surface area contributed by atoms with Crippen molar-refractivity contribution in [2.75, 3.05) is 26.7 Å². The van der Waals surface area contributed by atoms with Crippen LogP contribution in [0.25, 0.3) is 0 Å². The lowest BCUT2D eigenvalue weighted by Crippen LogP contribution is -2.30. The van der Waals surface area contributed by atoms with Crippen LogP contribution in [0.15, 0.2) is 0 Å². The Morgan fingerprint density at radius 2 is 1.86 bits per heavy atom. The van der Waals surface area contributed by atoms with Gasteiger partial charge in [0.05, 0.1) is 0 Å². The summed E-state index contributed by atoms with van der Waals surface area (Å²) in [5.41, 5.74) is 0. The molecule has 2 heteroatoms. The highest BCUT2D eigenvalue weighted by molar-refractivity contribution is 4.72. The van der Waals surface area contributed by atoms with E-state index in [0.717, 1.165) is 12.3 Å². The first-order valence-corrected chi connectivity index (χ1v) is 6.12. The Balaban J connectivity index is 1.84. The van der Waals surface area contributed by atoms with Crippen molar-refractivity contribution in [2.45, 2.75) is 44.9 Å². The molecule has 0 atom stereocenters. The fourth-order valence-corrected chi connectivity index (χ4v) is 2.05. The minimum Gasteiger partial charge on any atom is -0.396 e. The fourth-order valence-electron chi connectivity index (χ4n) is 2.05. The Labute approximate surface area is 88.3 Å². The van der Waals surface area contributed by atoms with E-state index < -0.39 is 0 Å². The molecule has 1 rings (SSSR count). The third-order valence-corrected chi connectivity index (χ3v) is 3.24. The minimum absolute atomic E-state index is 0.359. The van der Waals surface area contributed by atoms with Gasteiger partial charge in [-0.2, -0.15) is 0 Å². The maximum Gasteiger partial charge on any atom is 0.0431 e. The number of hydrogen-bond acceptors (Lipinski definition) is 2. The van der Waals surface area contributed by atoms with Crippen LogP contribution in [0.5, 0.6) is 0 Å². The van der Waals surface area contributed by atoms with E-state index in [9.17, 15) is 0 Å². The standard InChI is InChI=1S/C12H25NO/c1-13(11-12-7-6-8-12)9-4-2-3-5-10-14/h12,14H,2-11H2,1H3. The van der Waals surface area contributed by atoms with Crippen LogP contribution in [0.4, 0.5) is 0 Å². The zero-order valence-corrected chi connectivity index (χ0v) is 9.54. The van der Waals surface area contributed by atoms with Gasteiger partial charge in [-0.15, -0.1) is 0 Å². The van der Waals surface area contributed by atoms with E-state index in [1.165, 1.54) is 51.6 Å². The van der Waals surface area contributed by atoms with Gasteiger partial charge in [0.15, 0.2) is 0 Å². The molecule has 2 nitrogen and oxygen atoms in total. The summed E-state index contributed by atoms with van der Waals surface area (Å²) < 4.78 is 0. The van der Waals surface area contributed by atoms with Crippen molar-refractivity contribution < 1.29 is 5.11 Å². The lowest BCUT2D eigenvalue weighted by atomic mass is 9.85. The molecular weight excluding hydrogens is 174 g/mol. The first-order valence-electron chi connectivity index (χ1n) is 6.12. The number of rotatable bonds is 8. The second kappa shape index (κ2) is 7.24. The topological polar surface area (TPSA) is 23.5 Å². The largest absolute Gasteiger partial charge is 0.396 e. The van der Waals surface area contributed by atoms with Gasteiger partial charge in [0.1, 0.15) is 0 Å². The second-order valence-corrected chi connectivity index (χ2v) is 4.70. The Morgan fingerprint density at radius 3 is 2.43 bits per heavy atom. The maximum absolute atomic E-state index is 8.62. The lowest BCUT2D eigenvalue weighted by molar-refractivity contribution is 0.202. The third kappa shape index (κ3) is 4.97. The number of hydrogen-bond donors (Lipinski definition) is 1. The van der Waals surface area contributed by atoms with E-state index in [-0.39, 0.29) is 0 Å². The Morgan fingerprint density at radius 1 is 1.14 bits per heavy atom. The SMILES string of the molecule is CN(CCCCCCO)CC1CCC1. The number of nitrogens with zero attached hydrogens (tertiary/aromatic N) is 1. The highest BCUT2D eigenvalue weighted by Crippen LogP contribution is 2.26. The molecule has 0 radical (unpaired) electrons. The van der Waals surface area contributed by atoms with E-state index in [1.807, 2.05) is 0 Å². The predicted molar refractivity (Wildman–Crippen MR) is 60.4 cm³/mol. The van der Waals surface area contributed by atoms with Crippen molar-refractivity contribution in [2.24, 2.45) is 5.92 Å². The Bertz CT molecular complexity index is 134. The van der Waals surface area contributed by atoms with Gasteiger partial charge in [-0.1, -0.05) is 19.3 Å². The van der Waals surface area contributed by atoms with E-state index in [2.05, 4.69) is 11.9 Å². The third-order valence-electron chi connectivity index (χ3n) is 3.24. The summed E-state index contributed by atoms with van der Waals surface area (Å²) in [4.78, 5) is 2.47. The first-order chi connectivity index (χ1) is 6.83. The van der Waals surface area contributed by atoms with Gasteiger partial charge in [0.2, 0.25) is 0 Å². The summed E-state index contributed by atoms with van der Waals surface area (Å²) in [5, 5.41) is 8.62. The van der Waals surface area contributed by atoms with Gasteiger partial charge >= 0.3 is 0 Å². The van der Waals surface area contributed by atoms with Crippen molar-refractivity contribution in [3.8, 4) is 0 Å². The van der Waals surface area contributed by atoms with Gasteiger partial charge in [0.25, 0.3) is 0 Å². The minimum atomic E-state index is 0.359. The van der Waals surface area contributed by atoms with Crippen LogP contribution < -0.4 is 0 Å². The molecule has 0 unspecified atom stereocenters. The zero-order chi connectivity index (χ0) is 10.2. The molecule has 0 spiro atoms. The summed E-state index contributed by atoms with van der Waals surface area (Å²) in [7, 11) is 2.24. The molecule has 1 aliphatic carbocycles. The van der Waals surface area contributed by atoms with E-state index in [1.54, 1.807) is 0 Å². The number of unbranched alkanes of at least 4 members (excludes halogenated alkanes) is 3. The normalized spacial score (nSPS) is 17.4. The monoisotopic (exact) mass is 199 g/mol. The highest BCUT2D eigenvalue weighted by atomic mass is 16.2. The van der Waals surface area contributed by atoms with Gasteiger partial charge < -0.3 is 10.0 Å².